The second-order valence-electron chi connectivity index (χ2n) is 18.1. The Morgan fingerprint density at radius 2 is 0.891 bits per heavy atom. The summed E-state index contributed by atoms with van der Waals surface area (Å²) in [5, 5.41) is 30.6. The Balaban J connectivity index is 0.000000586. The Morgan fingerprint density at radius 1 is 0.582 bits per heavy atom. The zero-order valence-electron chi connectivity index (χ0n) is 33.8. The standard InChI is InChI=1S/C36H54N2O2.C7HF5O2.Co/c1-33(2,3)25-17-23(31(39)27(19-25)35(7,8)9)21-37-29-15-13-14-16-30(29)38-22-24-18-26(34(4,5)6)20-28(32(24)40)36(10,11)12;8-2-1(7(13)14)3(9)5(11)6(12)4(2)10;/h17-22,29-30,39-40H,13-16H2,1-12H3;(H,13,14);/t29-,30-;;/m1../s1. The summed E-state index contributed by atoms with van der Waals surface area (Å²) >= 11 is 0. The molecular weight excluding hydrogens is 762 g/mol. The summed E-state index contributed by atoms with van der Waals surface area (Å²) in [4.78, 5) is 20.2. The van der Waals surface area contributed by atoms with E-state index in [4.69, 9.17) is 15.1 Å². The molecule has 1 aliphatic rings. The number of carboxylic acid groups (broad SMARTS) is 1. The van der Waals surface area contributed by atoms with Gasteiger partial charge in [0.2, 0.25) is 5.82 Å². The van der Waals surface area contributed by atoms with Crippen molar-refractivity contribution in [2.24, 2.45) is 9.98 Å². The molecule has 3 N–H and O–H groups in total. The minimum atomic E-state index is -2.38. The molecule has 0 bridgehead atoms. The maximum absolute atomic E-state index is 12.6. The molecular formula is C43H55CoF5N2O4. The summed E-state index contributed by atoms with van der Waals surface area (Å²) in [6.07, 6.45) is 7.90. The smallest absolute Gasteiger partial charge is 0.341 e. The molecule has 305 valence electrons. The number of phenols is 2. The first kappa shape index (κ1) is 47.4. The Bertz CT molecular complexity index is 1810. The third kappa shape index (κ3) is 11.4. The molecule has 1 aliphatic carbocycles. The molecule has 55 heavy (non-hydrogen) atoms. The average molecular weight is 818 g/mol. The zero-order valence-corrected chi connectivity index (χ0v) is 34.9. The molecule has 1 saturated carbocycles. The van der Waals surface area contributed by atoms with Crippen LogP contribution in [0.5, 0.6) is 11.5 Å². The van der Waals surface area contributed by atoms with Crippen LogP contribution in [0.1, 0.15) is 153 Å². The quantitative estimate of drug-likeness (QED) is 0.103. The van der Waals surface area contributed by atoms with Gasteiger partial charge in [-0.05, 0) is 57.8 Å². The Labute approximate surface area is 332 Å². The van der Waals surface area contributed by atoms with E-state index in [0.717, 1.165) is 47.9 Å². The zero-order chi connectivity index (χ0) is 41.3. The average Bonchev–Trinajstić information content (AvgIpc) is 3.04. The van der Waals surface area contributed by atoms with E-state index in [9.17, 15) is 37.0 Å². The van der Waals surface area contributed by atoms with E-state index in [1.54, 1.807) is 0 Å². The largest absolute Gasteiger partial charge is 0.507 e. The SMILES string of the molecule is CC(C)(C)c1cc(C=N[C@@H]2CCCC[C@H]2N=Cc2cc(C(C)(C)C)cc(C(C)(C)C)c2O)c(O)c(C(C)(C)C)c1.O=C(O)c1c(F)c(F)c(F)c(F)c1F.[Co]. The molecule has 1 fully saturated rings. The molecule has 6 nitrogen and oxygen atoms in total. The Hall–Kier alpha value is -3.77. The third-order valence-electron chi connectivity index (χ3n) is 9.55. The number of hydrogen-bond acceptors (Lipinski definition) is 5. The number of aromatic hydroxyl groups is 2. The second-order valence-corrected chi connectivity index (χ2v) is 18.1. The van der Waals surface area contributed by atoms with Crippen molar-refractivity contribution in [1.29, 1.82) is 0 Å². The number of benzene rings is 3. The van der Waals surface area contributed by atoms with Gasteiger partial charge in [-0.25, -0.2) is 26.7 Å². The van der Waals surface area contributed by atoms with Crippen molar-refractivity contribution in [1.82, 2.24) is 0 Å². The third-order valence-corrected chi connectivity index (χ3v) is 9.55. The van der Waals surface area contributed by atoms with Gasteiger partial charge in [0.25, 0.3) is 0 Å². The van der Waals surface area contributed by atoms with Crippen molar-refractivity contribution in [2.45, 2.75) is 143 Å². The predicted molar refractivity (Wildman–Crippen MR) is 205 cm³/mol. The predicted octanol–water partition coefficient (Wildman–Crippen LogP) is 11.2. The number of halogens is 5. The van der Waals surface area contributed by atoms with Crippen LogP contribution in [0.15, 0.2) is 34.3 Å². The van der Waals surface area contributed by atoms with E-state index < -0.39 is 40.6 Å². The van der Waals surface area contributed by atoms with Gasteiger partial charge >= 0.3 is 5.97 Å². The molecule has 0 heterocycles. The van der Waals surface area contributed by atoms with Gasteiger partial charge in [0.15, 0.2) is 23.3 Å². The number of nitrogens with zero attached hydrogens (tertiary/aromatic N) is 2. The number of rotatable bonds is 5. The van der Waals surface area contributed by atoms with Crippen molar-refractivity contribution >= 4 is 18.4 Å². The molecule has 2 atom stereocenters. The van der Waals surface area contributed by atoms with E-state index in [-0.39, 0.29) is 50.5 Å². The number of carbonyl (C=O) groups is 1. The summed E-state index contributed by atoms with van der Waals surface area (Å²) in [5.74, 6) is -13.2. The normalized spacial score (nSPS) is 16.9. The van der Waals surface area contributed by atoms with Gasteiger partial charge < -0.3 is 15.3 Å². The summed E-state index contributed by atoms with van der Waals surface area (Å²) in [6.45, 7) is 26.0. The van der Waals surface area contributed by atoms with Crippen LogP contribution in [0.4, 0.5) is 22.0 Å². The molecule has 0 spiro atoms. The van der Waals surface area contributed by atoms with Crippen LogP contribution in [0.3, 0.4) is 0 Å². The van der Waals surface area contributed by atoms with E-state index >= 15 is 0 Å². The van der Waals surface area contributed by atoms with E-state index in [1.165, 1.54) is 11.1 Å². The number of carboxylic acids is 1. The fourth-order valence-electron chi connectivity index (χ4n) is 6.10. The van der Waals surface area contributed by atoms with E-state index in [0.29, 0.717) is 11.5 Å². The van der Waals surface area contributed by atoms with Gasteiger partial charge in [-0.1, -0.05) is 108 Å². The fourth-order valence-corrected chi connectivity index (χ4v) is 6.10. The first-order chi connectivity index (χ1) is 24.6. The van der Waals surface area contributed by atoms with Gasteiger partial charge in [0, 0.05) is 51.5 Å². The van der Waals surface area contributed by atoms with Gasteiger partial charge in [-0.2, -0.15) is 0 Å². The molecule has 0 saturated heterocycles. The van der Waals surface area contributed by atoms with Crippen LogP contribution in [-0.4, -0.2) is 45.8 Å². The maximum Gasteiger partial charge on any atom is 0.341 e. The van der Waals surface area contributed by atoms with Crippen LogP contribution >= 0.6 is 0 Å². The molecule has 3 aromatic rings. The van der Waals surface area contributed by atoms with Crippen molar-refractivity contribution in [3.8, 4) is 11.5 Å². The van der Waals surface area contributed by atoms with Crippen molar-refractivity contribution in [3.05, 3.63) is 92.3 Å². The van der Waals surface area contributed by atoms with Crippen molar-refractivity contribution < 1.29 is 58.8 Å². The fraction of sp³-hybridized carbons (Fsp3) is 0.512. The summed E-state index contributed by atoms with van der Waals surface area (Å²) in [7, 11) is 0. The van der Waals surface area contributed by atoms with E-state index in [1.807, 2.05) is 12.4 Å². The molecule has 0 aromatic heterocycles. The van der Waals surface area contributed by atoms with Crippen molar-refractivity contribution in [2.75, 3.05) is 0 Å². The molecule has 3 aromatic carbocycles. The number of phenolic OH excluding ortho intramolecular Hbond substituents is 2. The van der Waals surface area contributed by atoms with Gasteiger partial charge in [-0.15, -0.1) is 0 Å². The summed E-state index contributed by atoms with van der Waals surface area (Å²) in [5.41, 5.74) is 3.53. The van der Waals surface area contributed by atoms with Crippen LogP contribution in [0.25, 0.3) is 0 Å². The van der Waals surface area contributed by atoms with Crippen LogP contribution in [0, 0.1) is 29.1 Å². The van der Waals surface area contributed by atoms with Gasteiger partial charge in [0.05, 0.1) is 12.1 Å². The topological polar surface area (TPSA) is 102 Å². The molecule has 0 aliphatic heterocycles. The number of aliphatic imine (C=N–C) groups is 2. The Morgan fingerprint density at radius 3 is 1.16 bits per heavy atom. The first-order valence-corrected chi connectivity index (χ1v) is 18.1. The molecule has 0 unspecified atom stereocenters. The summed E-state index contributed by atoms with van der Waals surface area (Å²) in [6, 6.07) is 8.53. The molecule has 1 radical (unpaired) electrons. The molecule has 0 amide bonds. The monoisotopic (exact) mass is 817 g/mol. The van der Waals surface area contributed by atoms with Gasteiger partial charge in [0.1, 0.15) is 17.1 Å². The maximum atomic E-state index is 12.6. The molecule has 4 rings (SSSR count). The number of aromatic carboxylic acids is 1. The van der Waals surface area contributed by atoms with Gasteiger partial charge in [-0.3, -0.25) is 9.98 Å². The van der Waals surface area contributed by atoms with E-state index in [2.05, 4.69) is 107 Å². The van der Waals surface area contributed by atoms with Crippen LogP contribution in [0.2, 0.25) is 0 Å². The second kappa shape index (κ2) is 17.6. The Kier molecular flexibility index (Phi) is 15.1. The van der Waals surface area contributed by atoms with Crippen molar-refractivity contribution in [3.63, 3.8) is 0 Å². The van der Waals surface area contributed by atoms with Crippen LogP contribution < -0.4 is 0 Å². The van der Waals surface area contributed by atoms with Crippen LogP contribution in [-0.2, 0) is 38.4 Å². The first-order valence-electron chi connectivity index (χ1n) is 18.1. The minimum absolute atomic E-state index is 0. The summed E-state index contributed by atoms with van der Waals surface area (Å²) < 4.78 is 62.1. The number of hydrogen-bond donors (Lipinski definition) is 3. The minimum Gasteiger partial charge on any atom is -0.507 e. The molecule has 12 heteroatoms.